The van der Waals surface area contributed by atoms with E-state index in [0.717, 1.165) is 13.8 Å². The Kier molecular flexibility index (Phi) is 4.87. The zero-order valence-corrected chi connectivity index (χ0v) is 17.1. The van der Waals surface area contributed by atoms with Crippen molar-refractivity contribution in [3.63, 3.8) is 0 Å². The van der Waals surface area contributed by atoms with Crippen LogP contribution in [0.3, 0.4) is 0 Å². The highest BCUT2D eigenvalue weighted by molar-refractivity contribution is 14.1. The van der Waals surface area contributed by atoms with Crippen molar-refractivity contribution in [2.75, 3.05) is 13.9 Å². The van der Waals surface area contributed by atoms with Crippen LogP contribution in [0.4, 0.5) is 0 Å². The first kappa shape index (κ1) is 18.0. The molecule has 0 unspecified atom stereocenters. The molecule has 2 heterocycles. The van der Waals surface area contributed by atoms with E-state index in [1.54, 1.807) is 22.8 Å². The second kappa shape index (κ2) is 7.31. The molecule has 138 valence electrons. The molecular formula is C18H13IN2O5S. The van der Waals surface area contributed by atoms with E-state index in [9.17, 15) is 9.59 Å². The SMILES string of the molecule is COC(=O)Cn1c(=NC(=O)c2ccccc2I)sc2cc3c(cc21)OCO3. The summed E-state index contributed by atoms with van der Waals surface area (Å²) in [4.78, 5) is 29.2. The number of ether oxygens (including phenoxy) is 3. The highest BCUT2D eigenvalue weighted by Crippen LogP contribution is 2.37. The number of hydrogen-bond donors (Lipinski definition) is 0. The van der Waals surface area contributed by atoms with Gasteiger partial charge < -0.3 is 18.8 Å². The van der Waals surface area contributed by atoms with Crippen molar-refractivity contribution in [2.24, 2.45) is 4.99 Å². The summed E-state index contributed by atoms with van der Waals surface area (Å²) < 4.78 is 18.9. The van der Waals surface area contributed by atoms with Crippen LogP contribution >= 0.6 is 33.9 Å². The number of halogens is 1. The number of fused-ring (bicyclic) bond motifs is 2. The van der Waals surface area contributed by atoms with Crippen molar-refractivity contribution >= 4 is 56.0 Å². The van der Waals surface area contributed by atoms with Crippen molar-refractivity contribution in [1.82, 2.24) is 4.57 Å². The summed E-state index contributed by atoms with van der Waals surface area (Å²) in [5, 5.41) is 0. The number of aromatic nitrogens is 1. The lowest BCUT2D eigenvalue weighted by atomic mass is 10.2. The number of benzene rings is 2. The smallest absolute Gasteiger partial charge is 0.325 e. The van der Waals surface area contributed by atoms with Gasteiger partial charge in [-0.05, 0) is 34.7 Å². The normalized spacial score (nSPS) is 13.2. The van der Waals surface area contributed by atoms with Crippen molar-refractivity contribution < 1.29 is 23.8 Å². The van der Waals surface area contributed by atoms with Gasteiger partial charge in [0.1, 0.15) is 6.54 Å². The first-order valence-electron chi connectivity index (χ1n) is 7.90. The van der Waals surface area contributed by atoms with Gasteiger partial charge >= 0.3 is 5.97 Å². The summed E-state index contributed by atoms with van der Waals surface area (Å²) in [7, 11) is 1.32. The fraction of sp³-hybridized carbons (Fsp3) is 0.167. The molecule has 2 aromatic carbocycles. The average Bonchev–Trinajstić information content (AvgIpc) is 3.24. The molecule has 0 bridgehead atoms. The highest BCUT2D eigenvalue weighted by Gasteiger charge is 2.19. The lowest BCUT2D eigenvalue weighted by molar-refractivity contribution is -0.141. The molecule has 0 saturated carbocycles. The van der Waals surface area contributed by atoms with Gasteiger partial charge in [-0.2, -0.15) is 4.99 Å². The number of hydrogen-bond acceptors (Lipinski definition) is 6. The minimum absolute atomic E-state index is 0.0614. The van der Waals surface area contributed by atoms with E-state index in [2.05, 4.69) is 27.6 Å². The van der Waals surface area contributed by atoms with E-state index in [1.165, 1.54) is 18.4 Å². The van der Waals surface area contributed by atoms with Gasteiger partial charge in [0.05, 0.1) is 22.9 Å². The number of thiazole rings is 1. The predicted molar refractivity (Wildman–Crippen MR) is 107 cm³/mol. The molecule has 1 amide bonds. The van der Waals surface area contributed by atoms with Gasteiger partial charge in [-0.25, -0.2) is 0 Å². The zero-order valence-electron chi connectivity index (χ0n) is 14.1. The molecular weight excluding hydrogens is 483 g/mol. The quantitative estimate of drug-likeness (QED) is 0.412. The van der Waals surface area contributed by atoms with Gasteiger partial charge in [0.2, 0.25) is 6.79 Å². The minimum atomic E-state index is -0.435. The van der Waals surface area contributed by atoms with Crippen LogP contribution in [0.15, 0.2) is 41.4 Å². The largest absolute Gasteiger partial charge is 0.468 e. The highest BCUT2D eigenvalue weighted by atomic mass is 127. The number of carbonyl (C=O) groups is 2. The minimum Gasteiger partial charge on any atom is -0.468 e. The first-order valence-corrected chi connectivity index (χ1v) is 9.79. The first-order chi connectivity index (χ1) is 13.1. The molecule has 0 fully saturated rings. The fourth-order valence-corrected chi connectivity index (χ4v) is 4.33. The van der Waals surface area contributed by atoms with Gasteiger partial charge in [0.15, 0.2) is 16.3 Å². The standard InChI is InChI=1S/C18H13IN2O5S/c1-24-16(22)8-21-12-6-13-14(26-9-25-13)7-15(12)27-18(21)20-17(23)10-4-2-3-5-11(10)19/h2-7H,8-9H2,1H3. The Morgan fingerprint density at radius 3 is 2.74 bits per heavy atom. The van der Waals surface area contributed by atoms with Gasteiger partial charge in [0.25, 0.3) is 5.91 Å². The molecule has 9 heteroatoms. The molecule has 27 heavy (non-hydrogen) atoms. The Bertz CT molecular complexity index is 1130. The van der Waals surface area contributed by atoms with E-state index >= 15 is 0 Å². The van der Waals surface area contributed by atoms with Crippen molar-refractivity contribution in [3.05, 3.63) is 50.3 Å². The summed E-state index contributed by atoms with van der Waals surface area (Å²) >= 11 is 3.40. The zero-order chi connectivity index (χ0) is 19.0. The number of rotatable bonds is 3. The number of esters is 1. The summed E-state index contributed by atoms with van der Waals surface area (Å²) in [6.45, 7) is 0.0971. The third kappa shape index (κ3) is 3.44. The molecule has 0 aliphatic carbocycles. The molecule has 1 aliphatic rings. The topological polar surface area (TPSA) is 79.1 Å². The average molecular weight is 496 g/mol. The molecule has 0 spiro atoms. The summed E-state index contributed by atoms with van der Waals surface area (Å²) in [6, 6.07) is 10.8. The van der Waals surface area contributed by atoms with Gasteiger partial charge in [-0.3, -0.25) is 9.59 Å². The Labute approximate surface area is 171 Å². The van der Waals surface area contributed by atoms with Crippen LogP contribution in [0.5, 0.6) is 11.5 Å². The fourth-order valence-electron chi connectivity index (χ4n) is 2.67. The van der Waals surface area contributed by atoms with E-state index in [-0.39, 0.29) is 19.2 Å². The van der Waals surface area contributed by atoms with Crippen LogP contribution < -0.4 is 14.3 Å². The van der Waals surface area contributed by atoms with E-state index < -0.39 is 5.97 Å². The Morgan fingerprint density at radius 1 is 1.26 bits per heavy atom. The van der Waals surface area contributed by atoms with Gasteiger partial charge in [-0.1, -0.05) is 23.5 Å². The number of carbonyl (C=O) groups excluding carboxylic acids is 2. The third-order valence-electron chi connectivity index (χ3n) is 3.99. The second-order valence-corrected chi connectivity index (χ2v) is 7.79. The Balaban J connectivity index is 1.88. The predicted octanol–water partition coefficient (Wildman–Crippen LogP) is 2.95. The van der Waals surface area contributed by atoms with Crippen molar-refractivity contribution in [2.45, 2.75) is 6.54 Å². The summed E-state index contributed by atoms with van der Waals surface area (Å²) in [5.74, 6) is 0.416. The van der Waals surface area contributed by atoms with Crippen LogP contribution in [-0.2, 0) is 16.1 Å². The molecule has 4 rings (SSSR count). The number of methoxy groups -OCH3 is 1. The second-order valence-electron chi connectivity index (χ2n) is 5.62. The van der Waals surface area contributed by atoms with E-state index in [1.807, 2.05) is 18.2 Å². The molecule has 0 atom stereocenters. The van der Waals surface area contributed by atoms with Gasteiger partial charge in [-0.15, -0.1) is 0 Å². The number of nitrogens with zero attached hydrogens (tertiary/aromatic N) is 2. The van der Waals surface area contributed by atoms with Gasteiger partial charge in [0, 0.05) is 15.7 Å². The van der Waals surface area contributed by atoms with E-state index in [0.29, 0.717) is 21.9 Å². The Morgan fingerprint density at radius 2 is 2.00 bits per heavy atom. The lowest BCUT2D eigenvalue weighted by Crippen LogP contribution is -2.22. The summed E-state index contributed by atoms with van der Waals surface area (Å²) in [5.41, 5.74) is 1.23. The molecule has 1 aliphatic heterocycles. The van der Waals surface area contributed by atoms with Crippen LogP contribution in [0.1, 0.15) is 10.4 Å². The molecule has 3 aromatic rings. The maximum Gasteiger partial charge on any atom is 0.325 e. The van der Waals surface area contributed by atoms with Crippen molar-refractivity contribution in [3.8, 4) is 11.5 Å². The molecule has 7 nitrogen and oxygen atoms in total. The maximum atomic E-state index is 12.7. The van der Waals surface area contributed by atoms with Crippen LogP contribution in [0, 0.1) is 3.57 Å². The molecule has 0 saturated heterocycles. The Hall–Kier alpha value is -2.40. The molecule has 0 radical (unpaired) electrons. The van der Waals surface area contributed by atoms with E-state index in [4.69, 9.17) is 14.2 Å². The maximum absolute atomic E-state index is 12.7. The number of amides is 1. The van der Waals surface area contributed by atoms with Crippen LogP contribution in [0.2, 0.25) is 0 Å². The lowest BCUT2D eigenvalue weighted by Gasteiger charge is -2.04. The third-order valence-corrected chi connectivity index (χ3v) is 5.98. The van der Waals surface area contributed by atoms with Crippen molar-refractivity contribution in [1.29, 1.82) is 0 Å². The summed E-state index contributed by atoms with van der Waals surface area (Å²) in [6.07, 6.45) is 0. The van der Waals surface area contributed by atoms with Crippen LogP contribution in [0.25, 0.3) is 10.2 Å². The molecule has 1 aromatic heterocycles. The molecule has 0 N–H and O–H groups in total. The van der Waals surface area contributed by atoms with Crippen LogP contribution in [-0.4, -0.2) is 30.3 Å². The monoisotopic (exact) mass is 496 g/mol.